The van der Waals surface area contributed by atoms with Crippen molar-refractivity contribution in [2.45, 2.75) is 38.8 Å². The first-order valence-corrected chi connectivity index (χ1v) is 6.73. The van der Waals surface area contributed by atoms with Gasteiger partial charge in [-0.3, -0.25) is 0 Å². The number of nitrogens with one attached hydrogen (secondary N) is 1. The second-order valence-electron chi connectivity index (χ2n) is 5.93. The van der Waals surface area contributed by atoms with Crippen LogP contribution in [0.15, 0.2) is 18.3 Å². The Bertz CT molecular complexity index is 485. The van der Waals surface area contributed by atoms with Gasteiger partial charge in [-0.05, 0) is 39.3 Å². The molecule has 1 unspecified atom stereocenters. The molecule has 1 aliphatic heterocycles. The zero-order valence-corrected chi connectivity index (χ0v) is 12.1. The maximum atomic E-state index is 11.9. The van der Waals surface area contributed by atoms with Crippen molar-refractivity contribution < 1.29 is 14.6 Å². The van der Waals surface area contributed by atoms with Gasteiger partial charge in [-0.25, -0.2) is 9.78 Å². The predicted molar refractivity (Wildman–Crippen MR) is 75.7 cm³/mol. The Morgan fingerprint density at radius 1 is 1.55 bits per heavy atom. The molecule has 0 aliphatic carbocycles. The fourth-order valence-electron chi connectivity index (χ4n) is 2.07. The van der Waals surface area contributed by atoms with Gasteiger partial charge in [-0.2, -0.15) is 0 Å². The molecule has 0 aromatic carbocycles. The van der Waals surface area contributed by atoms with Crippen molar-refractivity contribution in [2.24, 2.45) is 0 Å². The number of aromatic hydroxyl groups is 1. The lowest BCUT2D eigenvalue weighted by Crippen LogP contribution is -2.36. The summed E-state index contributed by atoms with van der Waals surface area (Å²) in [7, 11) is 0. The number of ether oxygens (including phenoxy) is 1. The third kappa shape index (κ3) is 3.76. The highest BCUT2D eigenvalue weighted by Gasteiger charge is 2.30. The van der Waals surface area contributed by atoms with Gasteiger partial charge in [0, 0.05) is 25.3 Å². The second kappa shape index (κ2) is 5.56. The monoisotopic (exact) mass is 279 g/mol. The van der Waals surface area contributed by atoms with Crippen LogP contribution in [-0.4, -0.2) is 45.8 Å². The summed E-state index contributed by atoms with van der Waals surface area (Å²) in [6, 6.07) is 3.32. The number of likely N-dealkylation sites (tertiary alicyclic amines) is 1. The molecule has 6 heteroatoms. The van der Waals surface area contributed by atoms with Crippen molar-refractivity contribution in [3.8, 4) is 5.75 Å². The molecule has 1 aromatic rings. The Morgan fingerprint density at radius 3 is 2.95 bits per heavy atom. The number of hydrogen-bond donors (Lipinski definition) is 2. The molecule has 0 spiro atoms. The maximum absolute atomic E-state index is 11.9. The van der Waals surface area contributed by atoms with Crippen molar-refractivity contribution in [1.29, 1.82) is 0 Å². The number of amides is 1. The fourth-order valence-corrected chi connectivity index (χ4v) is 2.07. The molecule has 0 bridgehead atoms. The van der Waals surface area contributed by atoms with Gasteiger partial charge in [0.2, 0.25) is 0 Å². The zero-order valence-electron chi connectivity index (χ0n) is 12.1. The average molecular weight is 279 g/mol. The van der Waals surface area contributed by atoms with E-state index in [9.17, 15) is 9.90 Å². The van der Waals surface area contributed by atoms with E-state index in [-0.39, 0.29) is 17.9 Å². The standard InChI is InChI=1S/C14H21N3O3/c1-14(2,3)20-13(19)17-8-6-10(9-17)16-12-11(18)5-4-7-15-12/h4-5,7,10,18H,6,8-9H2,1-3H3,(H,15,16). The molecule has 1 atom stereocenters. The topological polar surface area (TPSA) is 74.7 Å². The summed E-state index contributed by atoms with van der Waals surface area (Å²) in [5.41, 5.74) is -0.484. The van der Waals surface area contributed by atoms with Crippen molar-refractivity contribution in [1.82, 2.24) is 9.88 Å². The van der Waals surface area contributed by atoms with Crippen LogP contribution in [-0.2, 0) is 4.74 Å². The van der Waals surface area contributed by atoms with Crippen molar-refractivity contribution in [2.75, 3.05) is 18.4 Å². The third-order valence-corrected chi connectivity index (χ3v) is 2.97. The molecule has 1 fully saturated rings. The van der Waals surface area contributed by atoms with E-state index >= 15 is 0 Å². The number of pyridine rings is 1. The minimum absolute atomic E-state index is 0.0725. The molecule has 2 rings (SSSR count). The molecule has 20 heavy (non-hydrogen) atoms. The minimum atomic E-state index is -0.484. The Morgan fingerprint density at radius 2 is 2.30 bits per heavy atom. The smallest absolute Gasteiger partial charge is 0.410 e. The van der Waals surface area contributed by atoms with Crippen LogP contribution in [0, 0.1) is 0 Å². The number of aromatic nitrogens is 1. The average Bonchev–Trinajstić information content (AvgIpc) is 2.79. The van der Waals surface area contributed by atoms with Gasteiger partial charge >= 0.3 is 6.09 Å². The SMILES string of the molecule is CC(C)(C)OC(=O)N1CCC(Nc2ncccc2O)C1. The van der Waals surface area contributed by atoms with E-state index in [1.54, 1.807) is 23.2 Å². The molecule has 2 N–H and O–H groups in total. The van der Waals surface area contributed by atoms with Crippen LogP contribution >= 0.6 is 0 Å². The largest absolute Gasteiger partial charge is 0.504 e. The molecule has 1 aromatic heterocycles. The van der Waals surface area contributed by atoms with Gasteiger partial charge in [-0.1, -0.05) is 0 Å². The van der Waals surface area contributed by atoms with E-state index in [0.29, 0.717) is 18.9 Å². The van der Waals surface area contributed by atoms with E-state index in [4.69, 9.17) is 4.74 Å². The number of carbonyl (C=O) groups is 1. The van der Waals surface area contributed by atoms with Crippen LogP contribution in [0.25, 0.3) is 0 Å². The number of anilines is 1. The zero-order chi connectivity index (χ0) is 14.8. The minimum Gasteiger partial charge on any atom is -0.504 e. The van der Waals surface area contributed by atoms with Crippen molar-refractivity contribution in [3.63, 3.8) is 0 Å². The highest BCUT2D eigenvalue weighted by atomic mass is 16.6. The molecule has 2 heterocycles. The molecule has 1 amide bonds. The summed E-state index contributed by atoms with van der Waals surface area (Å²) >= 11 is 0. The van der Waals surface area contributed by atoms with Crippen LogP contribution in [0.2, 0.25) is 0 Å². The lowest BCUT2D eigenvalue weighted by Gasteiger charge is -2.24. The highest BCUT2D eigenvalue weighted by molar-refractivity contribution is 5.68. The van der Waals surface area contributed by atoms with E-state index in [2.05, 4.69) is 10.3 Å². The first-order chi connectivity index (χ1) is 9.35. The van der Waals surface area contributed by atoms with E-state index in [1.165, 1.54) is 0 Å². The normalized spacial score (nSPS) is 18.9. The third-order valence-electron chi connectivity index (χ3n) is 2.97. The summed E-state index contributed by atoms with van der Waals surface area (Å²) in [5, 5.41) is 12.8. The summed E-state index contributed by atoms with van der Waals surface area (Å²) in [6.07, 6.45) is 2.12. The first-order valence-electron chi connectivity index (χ1n) is 6.73. The van der Waals surface area contributed by atoms with Gasteiger partial charge in [0.1, 0.15) is 5.60 Å². The molecular weight excluding hydrogens is 258 g/mol. The Kier molecular flexibility index (Phi) is 4.01. The molecular formula is C14H21N3O3. The quantitative estimate of drug-likeness (QED) is 0.868. The predicted octanol–water partition coefficient (Wildman–Crippen LogP) is 2.21. The Labute approximate surface area is 118 Å². The summed E-state index contributed by atoms with van der Waals surface area (Å²) < 4.78 is 5.34. The van der Waals surface area contributed by atoms with Crippen LogP contribution in [0.1, 0.15) is 27.2 Å². The van der Waals surface area contributed by atoms with Crippen LogP contribution < -0.4 is 5.32 Å². The molecule has 0 saturated carbocycles. The van der Waals surface area contributed by atoms with Gasteiger partial charge in [0.25, 0.3) is 0 Å². The van der Waals surface area contributed by atoms with Crippen LogP contribution in [0.5, 0.6) is 5.75 Å². The number of nitrogens with zero attached hydrogens (tertiary/aromatic N) is 2. The van der Waals surface area contributed by atoms with Gasteiger partial charge < -0.3 is 20.1 Å². The highest BCUT2D eigenvalue weighted by Crippen LogP contribution is 2.23. The van der Waals surface area contributed by atoms with Crippen molar-refractivity contribution >= 4 is 11.9 Å². The number of hydrogen-bond acceptors (Lipinski definition) is 5. The molecule has 1 aliphatic rings. The summed E-state index contributed by atoms with van der Waals surface area (Å²) in [5.74, 6) is 0.562. The van der Waals surface area contributed by atoms with E-state index < -0.39 is 5.60 Å². The molecule has 0 radical (unpaired) electrons. The maximum Gasteiger partial charge on any atom is 0.410 e. The van der Waals surface area contributed by atoms with Gasteiger partial charge in [0.05, 0.1) is 0 Å². The number of carbonyl (C=O) groups excluding carboxylic acids is 1. The number of rotatable bonds is 2. The first kappa shape index (κ1) is 14.4. The van der Waals surface area contributed by atoms with Crippen LogP contribution in [0.4, 0.5) is 10.6 Å². The lowest BCUT2D eigenvalue weighted by atomic mass is 10.2. The fraction of sp³-hybridized carbons (Fsp3) is 0.571. The second-order valence-corrected chi connectivity index (χ2v) is 5.93. The van der Waals surface area contributed by atoms with Gasteiger partial charge in [0.15, 0.2) is 11.6 Å². The summed E-state index contributed by atoms with van der Waals surface area (Å²) in [6.45, 7) is 6.74. The van der Waals surface area contributed by atoms with Crippen LogP contribution in [0.3, 0.4) is 0 Å². The lowest BCUT2D eigenvalue weighted by molar-refractivity contribution is 0.0293. The molecule has 1 saturated heterocycles. The van der Waals surface area contributed by atoms with E-state index in [0.717, 1.165) is 6.42 Å². The van der Waals surface area contributed by atoms with E-state index in [1.807, 2.05) is 20.8 Å². The molecule has 110 valence electrons. The molecule has 6 nitrogen and oxygen atoms in total. The Balaban J connectivity index is 1.90. The Hall–Kier alpha value is -1.98. The summed E-state index contributed by atoms with van der Waals surface area (Å²) in [4.78, 5) is 17.7. The van der Waals surface area contributed by atoms with Crippen molar-refractivity contribution in [3.05, 3.63) is 18.3 Å². The van der Waals surface area contributed by atoms with Gasteiger partial charge in [-0.15, -0.1) is 0 Å².